The van der Waals surface area contributed by atoms with Crippen molar-refractivity contribution in [1.29, 1.82) is 0 Å². The van der Waals surface area contributed by atoms with Gasteiger partial charge in [0.2, 0.25) is 5.91 Å². The molecule has 0 aliphatic heterocycles. The monoisotopic (exact) mass is 593 g/mol. The maximum Gasteiger partial charge on any atom is 0.417 e. The summed E-state index contributed by atoms with van der Waals surface area (Å²) in [6.07, 6.45) is -13.2. The van der Waals surface area contributed by atoms with Crippen molar-refractivity contribution in [2.24, 2.45) is 5.92 Å². The molecule has 0 bridgehead atoms. The Labute approximate surface area is 225 Å². The predicted octanol–water partition coefficient (Wildman–Crippen LogP) is 6.16. The van der Waals surface area contributed by atoms with Crippen LogP contribution in [0, 0.1) is 11.7 Å². The molecule has 1 aliphatic rings. The first-order valence-electron chi connectivity index (χ1n) is 12.0. The Balaban J connectivity index is 1.43. The molecule has 1 saturated carbocycles. The molecule has 2 aromatic carbocycles. The van der Waals surface area contributed by atoms with Crippen molar-refractivity contribution in [1.82, 2.24) is 15.3 Å². The minimum atomic E-state index is -5.14. The van der Waals surface area contributed by atoms with Gasteiger partial charge in [-0.05, 0) is 30.5 Å². The molecule has 0 spiro atoms. The van der Waals surface area contributed by atoms with Crippen LogP contribution in [0.15, 0.2) is 47.3 Å². The Kier molecular flexibility index (Phi) is 8.47. The number of aromatic nitrogens is 2. The van der Waals surface area contributed by atoms with E-state index in [1.165, 1.54) is 18.2 Å². The molecule has 41 heavy (non-hydrogen) atoms. The Morgan fingerprint density at radius 3 is 2.29 bits per heavy atom. The fraction of sp³-hybridized carbons (Fsp3) is 0.346. The molecule has 4 rings (SSSR count). The van der Waals surface area contributed by atoms with Gasteiger partial charge in [-0.2, -0.15) is 26.3 Å². The highest BCUT2D eigenvalue weighted by Crippen LogP contribution is 2.39. The zero-order valence-corrected chi connectivity index (χ0v) is 20.7. The van der Waals surface area contributed by atoms with Gasteiger partial charge in [0.05, 0.1) is 29.4 Å². The normalized spacial score (nSPS) is 17.4. The van der Waals surface area contributed by atoms with Gasteiger partial charge >= 0.3 is 12.4 Å². The van der Waals surface area contributed by atoms with Crippen LogP contribution in [0.3, 0.4) is 0 Å². The third-order valence-electron chi connectivity index (χ3n) is 6.47. The van der Waals surface area contributed by atoms with E-state index in [-0.39, 0.29) is 25.0 Å². The molecule has 1 heterocycles. The van der Waals surface area contributed by atoms with Crippen molar-refractivity contribution in [2.45, 2.75) is 50.9 Å². The molecular formula is C26H20F9N3O3. The van der Waals surface area contributed by atoms with E-state index in [9.17, 15) is 44.7 Å². The summed E-state index contributed by atoms with van der Waals surface area (Å²) in [6, 6.07) is 6.46. The lowest BCUT2D eigenvalue weighted by Crippen LogP contribution is -2.42. The number of ether oxygens (including phenoxy) is 1. The first-order chi connectivity index (χ1) is 19.1. The van der Waals surface area contributed by atoms with Crippen molar-refractivity contribution in [2.75, 3.05) is 0 Å². The van der Waals surface area contributed by atoms with Crippen molar-refractivity contribution in [3.63, 3.8) is 0 Å². The number of hydrogen-bond donors (Lipinski definition) is 2. The predicted molar refractivity (Wildman–Crippen MR) is 125 cm³/mol. The van der Waals surface area contributed by atoms with Crippen LogP contribution < -0.4 is 10.9 Å². The Morgan fingerprint density at radius 2 is 1.66 bits per heavy atom. The van der Waals surface area contributed by atoms with E-state index in [0.717, 1.165) is 12.1 Å². The maximum absolute atomic E-state index is 15.3. The smallest absolute Gasteiger partial charge is 0.373 e. The van der Waals surface area contributed by atoms with Gasteiger partial charge in [0.1, 0.15) is 17.3 Å². The number of rotatable bonds is 8. The first kappa shape index (κ1) is 30.1. The largest absolute Gasteiger partial charge is 0.417 e. The zero-order chi connectivity index (χ0) is 30.1. The fourth-order valence-corrected chi connectivity index (χ4v) is 4.30. The summed E-state index contributed by atoms with van der Waals surface area (Å²) < 4.78 is 127. The van der Waals surface area contributed by atoms with E-state index in [0.29, 0.717) is 12.1 Å². The third kappa shape index (κ3) is 6.89. The molecule has 3 aromatic rings. The second-order valence-corrected chi connectivity index (χ2v) is 9.25. The second kappa shape index (κ2) is 11.5. The SMILES string of the molecule is O=c1cc(C(F)F)nc(-c2c(C(F)(F)F)ccc(CNC(=O)[C@H]3C[C@H](OCc4ccccc4C(F)(F)F)C3)c2F)[nH]1. The average molecular weight is 593 g/mol. The molecular weight excluding hydrogens is 573 g/mol. The summed E-state index contributed by atoms with van der Waals surface area (Å²) >= 11 is 0. The second-order valence-electron chi connectivity index (χ2n) is 9.25. The van der Waals surface area contributed by atoms with Crippen LogP contribution >= 0.6 is 0 Å². The quantitative estimate of drug-likeness (QED) is 0.307. The molecule has 15 heteroatoms. The number of alkyl halides is 8. The molecule has 0 unspecified atom stereocenters. The van der Waals surface area contributed by atoms with Crippen LogP contribution in [-0.2, 0) is 35.0 Å². The van der Waals surface area contributed by atoms with E-state index in [1.54, 1.807) is 0 Å². The van der Waals surface area contributed by atoms with Gasteiger partial charge in [-0.15, -0.1) is 0 Å². The highest BCUT2D eigenvalue weighted by atomic mass is 19.4. The van der Waals surface area contributed by atoms with E-state index < -0.39 is 88.4 Å². The molecule has 0 atom stereocenters. The molecule has 1 amide bonds. The van der Waals surface area contributed by atoms with Gasteiger partial charge in [0, 0.05) is 24.1 Å². The summed E-state index contributed by atoms with van der Waals surface area (Å²) in [6.45, 7) is -0.924. The maximum atomic E-state index is 15.3. The first-order valence-corrected chi connectivity index (χ1v) is 12.0. The number of nitrogens with zero attached hydrogens (tertiary/aromatic N) is 1. The van der Waals surface area contributed by atoms with E-state index in [2.05, 4.69) is 10.3 Å². The number of hydrogen-bond acceptors (Lipinski definition) is 4. The van der Waals surface area contributed by atoms with Gasteiger partial charge in [-0.25, -0.2) is 18.2 Å². The number of nitrogens with one attached hydrogen (secondary N) is 2. The highest BCUT2D eigenvalue weighted by Gasteiger charge is 2.38. The van der Waals surface area contributed by atoms with Gasteiger partial charge in [-0.1, -0.05) is 24.3 Å². The lowest BCUT2D eigenvalue weighted by Gasteiger charge is -2.34. The lowest BCUT2D eigenvalue weighted by molar-refractivity contribution is -0.140. The van der Waals surface area contributed by atoms with Gasteiger partial charge in [-0.3, -0.25) is 9.59 Å². The summed E-state index contributed by atoms with van der Waals surface area (Å²) in [7, 11) is 0. The Morgan fingerprint density at radius 1 is 1.00 bits per heavy atom. The number of H-pyrrole nitrogens is 1. The zero-order valence-electron chi connectivity index (χ0n) is 20.7. The molecule has 220 valence electrons. The van der Waals surface area contributed by atoms with Gasteiger partial charge < -0.3 is 15.0 Å². The fourth-order valence-electron chi connectivity index (χ4n) is 4.30. The van der Waals surface area contributed by atoms with Crippen LogP contribution in [0.2, 0.25) is 0 Å². The number of benzene rings is 2. The summed E-state index contributed by atoms with van der Waals surface area (Å²) in [4.78, 5) is 29.4. The van der Waals surface area contributed by atoms with Crippen molar-refractivity contribution in [3.8, 4) is 11.4 Å². The summed E-state index contributed by atoms with van der Waals surface area (Å²) in [5, 5.41) is 2.37. The molecule has 2 N–H and O–H groups in total. The molecule has 1 aromatic heterocycles. The lowest BCUT2D eigenvalue weighted by atomic mass is 9.81. The van der Waals surface area contributed by atoms with E-state index in [1.807, 2.05) is 4.98 Å². The Hall–Kier alpha value is -3.88. The number of carbonyl (C=O) groups excluding carboxylic acids is 1. The van der Waals surface area contributed by atoms with E-state index in [4.69, 9.17) is 4.74 Å². The molecule has 6 nitrogen and oxygen atoms in total. The molecule has 1 fully saturated rings. The topological polar surface area (TPSA) is 84.1 Å². The number of amides is 1. The van der Waals surface area contributed by atoms with Crippen LogP contribution in [0.5, 0.6) is 0 Å². The highest BCUT2D eigenvalue weighted by molar-refractivity contribution is 5.79. The Bertz CT molecular complexity index is 1480. The van der Waals surface area contributed by atoms with Gasteiger partial charge in [0.25, 0.3) is 12.0 Å². The number of aromatic amines is 1. The molecule has 0 saturated heterocycles. The van der Waals surface area contributed by atoms with Crippen molar-refractivity contribution in [3.05, 3.63) is 86.6 Å². The average Bonchev–Trinajstić information content (AvgIpc) is 2.85. The van der Waals surface area contributed by atoms with Crippen molar-refractivity contribution < 1.29 is 49.0 Å². The molecule has 0 radical (unpaired) electrons. The van der Waals surface area contributed by atoms with Crippen LogP contribution in [0.4, 0.5) is 39.5 Å². The number of carbonyl (C=O) groups is 1. The summed E-state index contributed by atoms with van der Waals surface area (Å²) in [5.41, 5.74) is -6.57. The van der Waals surface area contributed by atoms with Crippen molar-refractivity contribution >= 4 is 5.91 Å². The minimum Gasteiger partial charge on any atom is -0.373 e. The number of halogens is 9. The minimum absolute atomic E-state index is 0.0728. The van der Waals surface area contributed by atoms with Crippen LogP contribution in [0.1, 0.15) is 47.2 Å². The van der Waals surface area contributed by atoms with Crippen LogP contribution in [-0.4, -0.2) is 22.0 Å². The van der Waals surface area contributed by atoms with Crippen LogP contribution in [0.25, 0.3) is 11.4 Å². The van der Waals surface area contributed by atoms with Gasteiger partial charge in [0.15, 0.2) is 0 Å². The summed E-state index contributed by atoms with van der Waals surface area (Å²) in [5.74, 6) is -3.84. The van der Waals surface area contributed by atoms with E-state index >= 15 is 4.39 Å². The molecule has 1 aliphatic carbocycles. The standard InChI is InChI=1S/C26H20F9N3O3/c27-21-12(5-6-17(26(33,34)35)20(21)23-37-18(22(28)29)9-19(39)38-23)10-36-24(40)14-7-15(8-14)41-11-13-3-1-2-4-16(13)25(30,31)32/h1-6,9,14-15,22H,7-8,10-11H2,(H,36,40)(H,37,38,39)/t14-,15-. The third-order valence-corrected chi connectivity index (χ3v) is 6.47.